The van der Waals surface area contributed by atoms with Crippen LogP contribution in [0.25, 0.3) is 0 Å². The Balaban J connectivity index is 1.14. The van der Waals surface area contributed by atoms with Gasteiger partial charge in [-0.2, -0.15) is 8.42 Å². The summed E-state index contributed by atoms with van der Waals surface area (Å²) in [6.45, 7) is 0. The van der Waals surface area contributed by atoms with Crippen LogP contribution in [0, 0.1) is 56.8 Å². The second kappa shape index (κ2) is 11.0. The number of hydrogen-bond donors (Lipinski definition) is 0. The summed E-state index contributed by atoms with van der Waals surface area (Å²) in [5.74, 6) is 6.51. The molecule has 0 unspecified atom stereocenters. The SMILES string of the molecule is O=S(=O)([O-])c1ccc(OS(=O)(=O)c2c(C34CC5CC(CC(C5)C3)C4)cc(C34CC5CC(CC(C5)C3)C4)cc2C23CC4CC(CC(C4)C2)C3)c(I)c1. The Hall–Kier alpha value is -1.17. The molecular weight excluding hydrogens is 791 g/mol. The molecule has 0 heterocycles. The summed E-state index contributed by atoms with van der Waals surface area (Å²) in [6.07, 6.45) is 22.2. The van der Waals surface area contributed by atoms with Gasteiger partial charge in [0.2, 0.25) is 0 Å². The molecule has 12 fully saturated rings. The van der Waals surface area contributed by atoms with E-state index in [0.29, 0.717) is 44.0 Å². The van der Waals surface area contributed by atoms with Gasteiger partial charge in [0.25, 0.3) is 0 Å². The molecule has 12 saturated carbocycles. The summed E-state index contributed by atoms with van der Waals surface area (Å²) in [5, 5.41) is 0. The van der Waals surface area contributed by atoms with Crippen molar-refractivity contribution in [3.05, 3.63) is 50.6 Å². The molecule has 14 rings (SSSR count). The Morgan fingerprint density at radius 3 is 1.24 bits per heavy atom. The largest absolute Gasteiger partial charge is 0.744 e. The van der Waals surface area contributed by atoms with E-state index in [4.69, 9.17) is 4.18 Å². The van der Waals surface area contributed by atoms with Crippen LogP contribution in [0.15, 0.2) is 40.1 Å². The molecule has 2 aromatic rings. The van der Waals surface area contributed by atoms with E-state index in [0.717, 1.165) is 67.4 Å². The molecular formula is C42H50IO6S2-. The minimum absolute atomic E-state index is 0.0982. The van der Waals surface area contributed by atoms with Gasteiger partial charge in [0.15, 0.2) is 5.75 Å². The summed E-state index contributed by atoms with van der Waals surface area (Å²) < 4.78 is 72.9. The van der Waals surface area contributed by atoms with Crippen molar-refractivity contribution in [2.75, 3.05) is 0 Å². The van der Waals surface area contributed by atoms with Gasteiger partial charge in [-0.05, 0) is 243 Å². The van der Waals surface area contributed by atoms with Crippen molar-refractivity contribution >= 4 is 42.8 Å². The molecule has 0 N–H and O–H groups in total. The third kappa shape index (κ3) is 5.18. The van der Waals surface area contributed by atoms with Gasteiger partial charge in [0.05, 0.1) is 8.47 Å². The molecule has 51 heavy (non-hydrogen) atoms. The highest BCUT2D eigenvalue weighted by Gasteiger charge is 2.59. The molecule has 2 aromatic carbocycles. The van der Waals surface area contributed by atoms with Gasteiger partial charge >= 0.3 is 10.1 Å². The number of rotatable bonds is 7. The normalized spacial score (nSPS) is 44.4. The molecule has 0 saturated heterocycles. The van der Waals surface area contributed by atoms with Crippen molar-refractivity contribution < 1.29 is 25.6 Å². The standard InChI is InChI=1S/C42H51IO6S2/c43-37-14-34(50(44,45)46)1-2-38(37)49-51(47,48)39-35(41-18-27-6-28(19-41)8-29(7-27)20-41)12-33(40-15-24-3-25(16-40)5-26(4-24)17-40)13-36(39)42-21-30-9-31(22-42)11-32(10-30)23-42/h1-2,12-14,24-32H,3-11,15-23H2,(H,44,45,46)/p-1. The zero-order valence-corrected chi connectivity index (χ0v) is 33.2. The van der Waals surface area contributed by atoms with Crippen molar-refractivity contribution in [3.63, 3.8) is 0 Å². The predicted octanol–water partition coefficient (Wildman–Crippen LogP) is 9.37. The molecule has 0 atom stereocenters. The third-order valence-corrected chi connectivity index (χ3v) is 19.6. The van der Waals surface area contributed by atoms with E-state index in [1.165, 1.54) is 101 Å². The van der Waals surface area contributed by atoms with E-state index >= 15 is 8.42 Å². The second-order valence-corrected chi connectivity index (χ2v) is 24.1. The summed E-state index contributed by atoms with van der Waals surface area (Å²) in [5.41, 5.74) is 3.51. The van der Waals surface area contributed by atoms with Gasteiger partial charge in [-0.15, -0.1) is 0 Å². The van der Waals surface area contributed by atoms with Crippen LogP contribution in [0.1, 0.15) is 132 Å². The fourth-order valence-electron chi connectivity index (χ4n) is 16.2. The molecule has 12 aliphatic rings. The topological polar surface area (TPSA) is 101 Å². The molecule has 6 nitrogen and oxygen atoms in total. The number of hydrogen-bond acceptors (Lipinski definition) is 6. The summed E-state index contributed by atoms with van der Waals surface area (Å²) in [6, 6.07) is 8.73. The second-order valence-electron chi connectivity index (χ2n) is 20.1. The van der Waals surface area contributed by atoms with Crippen LogP contribution in [-0.2, 0) is 36.5 Å². The van der Waals surface area contributed by atoms with Crippen LogP contribution < -0.4 is 4.18 Å². The fraction of sp³-hybridized carbons (Fsp3) is 0.714. The van der Waals surface area contributed by atoms with Gasteiger partial charge in [-0.3, -0.25) is 0 Å². The summed E-state index contributed by atoms with van der Waals surface area (Å²) >= 11 is 1.91. The highest BCUT2D eigenvalue weighted by atomic mass is 127. The first-order valence-electron chi connectivity index (χ1n) is 20.1. The Labute approximate surface area is 317 Å². The van der Waals surface area contributed by atoms with Crippen molar-refractivity contribution in [1.82, 2.24) is 0 Å². The van der Waals surface area contributed by atoms with Gasteiger partial charge < -0.3 is 8.74 Å². The van der Waals surface area contributed by atoms with Crippen LogP contribution in [0.2, 0.25) is 0 Å². The smallest absolute Gasteiger partial charge is 0.339 e. The monoisotopic (exact) mass is 841 g/mol. The van der Waals surface area contributed by atoms with Crippen molar-refractivity contribution in [1.29, 1.82) is 0 Å². The van der Waals surface area contributed by atoms with E-state index in [1.807, 2.05) is 22.6 Å². The van der Waals surface area contributed by atoms with Crippen LogP contribution in [0.4, 0.5) is 0 Å². The molecule has 0 spiro atoms. The average molecular weight is 842 g/mol. The van der Waals surface area contributed by atoms with E-state index < -0.39 is 20.2 Å². The first kappa shape index (κ1) is 33.2. The van der Waals surface area contributed by atoms with Crippen molar-refractivity contribution in [2.24, 2.45) is 53.3 Å². The highest BCUT2D eigenvalue weighted by molar-refractivity contribution is 14.1. The minimum atomic E-state index is -4.69. The Bertz CT molecular complexity index is 1880. The van der Waals surface area contributed by atoms with E-state index in [-0.39, 0.29) is 26.9 Å². The molecule has 12 bridgehead atoms. The van der Waals surface area contributed by atoms with Crippen LogP contribution >= 0.6 is 22.6 Å². The van der Waals surface area contributed by atoms with Gasteiger partial charge in [-0.25, -0.2) is 8.42 Å². The lowest BCUT2D eigenvalue weighted by atomic mass is 9.45. The minimum Gasteiger partial charge on any atom is -0.744 e. The van der Waals surface area contributed by atoms with Crippen LogP contribution in [0.5, 0.6) is 5.75 Å². The molecule has 0 radical (unpaired) electrons. The Kier molecular flexibility index (Phi) is 7.15. The zero-order chi connectivity index (χ0) is 34.7. The first-order valence-corrected chi connectivity index (χ1v) is 24.0. The lowest BCUT2D eigenvalue weighted by molar-refractivity contribution is -0.0138. The molecule has 0 aromatic heterocycles. The van der Waals surface area contributed by atoms with Crippen LogP contribution in [-0.4, -0.2) is 21.4 Å². The van der Waals surface area contributed by atoms with Crippen LogP contribution in [0.3, 0.4) is 0 Å². The van der Waals surface area contributed by atoms with Gasteiger partial charge in [-0.1, -0.05) is 12.1 Å². The lowest BCUT2D eigenvalue weighted by Crippen LogP contribution is -2.52. The maximum atomic E-state index is 15.4. The molecule has 0 aliphatic heterocycles. The molecule has 12 aliphatic carbocycles. The van der Waals surface area contributed by atoms with Crippen molar-refractivity contribution in [2.45, 2.75) is 142 Å². The maximum Gasteiger partial charge on any atom is 0.339 e. The lowest BCUT2D eigenvalue weighted by Gasteiger charge is -2.60. The summed E-state index contributed by atoms with van der Waals surface area (Å²) in [7, 11) is -9.03. The zero-order valence-electron chi connectivity index (χ0n) is 29.5. The quantitative estimate of drug-likeness (QED) is 0.157. The molecule has 274 valence electrons. The molecule has 0 amide bonds. The Morgan fingerprint density at radius 1 is 0.549 bits per heavy atom. The van der Waals surface area contributed by atoms with Gasteiger partial charge in [0, 0.05) is 0 Å². The van der Waals surface area contributed by atoms with E-state index in [1.54, 1.807) is 0 Å². The van der Waals surface area contributed by atoms with E-state index in [2.05, 4.69) is 12.1 Å². The third-order valence-electron chi connectivity index (χ3n) is 16.6. The van der Waals surface area contributed by atoms with Crippen molar-refractivity contribution in [3.8, 4) is 5.75 Å². The maximum absolute atomic E-state index is 15.4. The Morgan fingerprint density at radius 2 is 0.902 bits per heavy atom. The van der Waals surface area contributed by atoms with Gasteiger partial charge in [0.1, 0.15) is 15.0 Å². The molecule has 9 heteroatoms. The summed E-state index contributed by atoms with van der Waals surface area (Å²) in [4.78, 5) is 0.108. The first-order chi connectivity index (χ1) is 24.3. The average Bonchev–Trinajstić information content (AvgIpc) is 3.03. The highest BCUT2D eigenvalue weighted by Crippen LogP contribution is 2.67. The number of halogens is 1. The predicted molar refractivity (Wildman–Crippen MR) is 201 cm³/mol. The number of benzene rings is 2. The fourth-order valence-corrected chi connectivity index (χ4v) is 19.2. The van der Waals surface area contributed by atoms with E-state index in [9.17, 15) is 13.0 Å².